The summed E-state index contributed by atoms with van der Waals surface area (Å²) in [6, 6.07) is 0. The maximum absolute atomic E-state index is 10.9. The van der Waals surface area contributed by atoms with Gasteiger partial charge in [0.1, 0.15) is 0 Å². The molecule has 0 aliphatic carbocycles. The van der Waals surface area contributed by atoms with Crippen LogP contribution in [-0.2, 0) is 19.1 Å². The van der Waals surface area contributed by atoms with Gasteiger partial charge in [-0.2, -0.15) is 0 Å². The fraction of sp³-hybridized carbons (Fsp3) is 0.429. The summed E-state index contributed by atoms with van der Waals surface area (Å²) in [6.07, 6.45) is 1.22. The van der Waals surface area contributed by atoms with Crippen LogP contribution in [0.15, 0.2) is 11.8 Å². The van der Waals surface area contributed by atoms with Gasteiger partial charge in [-0.05, 0) is 0 Å². The number of nitrogens with one attached hydrogen (secondary N) is 1. The molecule has 0 saturated carbocycles. The number of carbonyl (C=O) groups excluding carboxylic acids is 2. The Kier molecular flexibility index (Phi) is 4.52. The minimum atomic E-state index is -0.726. The lowest BCUT2D eigenvalue weighted by molar-refractivity contribution is -0.144. The minimum Gasteiger partial charge on any atom is -0.465 e. The fourth-order valence-corrected chi connectivity index (χ4v) is 0.565. The maximum Gasteiger partial charge on any atom is 0.346 e. The zero-order chi connectivity index (χ0) is 9.56. The Morgan fingerprint density at radius 3 is 1.83 bits per heavy atom. The lowest BCUT2D eigenvalue weighted by Gasteiger charge is -2.01. The summed E-state index contributed by atoms with van der Waals surface area (Å²) in [5.41, 5.74) is -0.164. The van der Waals surface area contributed by atoms with Gasteiger partial charge in [0, 0.05) is 13.2 Å². The van der Waals surface area contributed by atoms with E-state index in [9.17, 15) is 9.59 Å². The van der Waals surface area contributed by atoms with Gasteiger partial charge in [0.25, 0.3) is 0 Å². The molecule has 0 spiro atoms. The highest BCUT2D eigenvalue weighted by Crippen LogP contribution is 1.98. The van der Waals surface area contributed by atoms with Crippen LogP contribution >= 0.6 is 0 Å². The number of methoxy groups -OCH3 is 2. The molecule has 0 heterocycles. The molecule has 0 unspecified atom stereocenters. The number of ether oxygens (including phenoxy) is 2. The van der Waals surface area contributed by atoms with E-state index in [1.54, 1.807) is 7.05 Å². The molecule has 0 aromatic carbocycles. The number of carbonyl (C=O) groups is 2. The summed E-state index contributed by atoms with van der Waals surface area (Å²) in [5, 5.41) is 2.53. The molecule has 12 heavy (non-hydrogen) atoms. The van der Waals surface area contributed by atoms with Gasteiger partial charge in [0.05, 0.1) is 14.2 Å². The standard InChI is InChI=1S/C7H11NO4/c1-8-4-5(6(9)11-2)7(10)12-3/h4,8H,1-3H3. The van der Waals surface area contributed by atoms with Crippen molar-refractivity contribution in [1.82, 2.24) is 5.32 Å². The molecule has 0 radical (unpaired) electrons. The number of esters is 2. The summed E-state index contributed by atoms with van der Waals surface area (Å²) in [5.74, 6) is -1.45. The topological polar surface area (TPSA) is 64.6 Å². The molecule has 68 valence electrons. The Hall–Kier alpha value is -1.52. The Morgan fingerprint density at radius 1 is 1.17 bits per heavy atom. The van der Waals surface area contributed by atoms with Gasteiger partial charge in [-0.3, -0.25) is 0 Å². The Bertz CT molecular complexity index is 191. The Labute approximate surface area is 70.3 Å². The molecule has 5 heteroatoms. The highest BCUT2D eigenvalue weighted by atomic mass is 16.5. The van der Waals surface area contributed by atoms with Gasteiger partial charge in [-0.1, -0.05) is 0 Å². The van der Waals surface area contributed by atoms with Gasteiger partial charge in [0.15, 0.2) is 5.57 Å². The molecule has 0 amide bonds. The summed E-state index contributed by atoms with van der Waals surface area (Å²) in [7, 11) is 3.94. The number of hydrogen-bond acceptors (Lipinski definition) is 5. The van der Waals surface area contributed by atoms with Crippen LogP contribution in [0.4, 0.5) is 0 Å². The largest absolute Gasteiger partial charge is 0.465 e. The summed E-state index contributed by atoms with van der Waals surface area (Å²) >= 11 is 0. The average molecular weight is 173 g/mol. The molecule has 0 bridgehead atoms. The van der Waals surface area contributed by atoms with Crippen molar-refractivity contribution < 1.29 is 19.1 Å². The summed E-state index contributed by atoms with van der Waals surface area (Å²) < 4.78 is 8.68. The van der Waals surface area contributed by atoms with Gasteiger partial charge in [-0.15, -0.1) is 0 Å². The first-order valence-corrected chi connectivity index (χ1v) is 3.21. The van der Waals surface area contributed by atoms with Gasteiger partial charge >= 0.3 is 11.9 Å². The molecule has 0 aliphatic rings. The molecular weight excluding hydrogens is 162 g/mol. The second kappa shape index (κ2) is 5.17. The SMILES string of the molecule is CNC=C(C(=O)OC)C(=O)OC. The monoisotopic (exact) mass is 173 g/mol. The van der Waals surface area contributed by atoms with Crippen molar-refractivity contribution in [3.05, 3.63) is 11.8 Å². The van der Waals surface area contributed by atoms with E-state index in [0.29, 0.717) is 0 Å². The van der Waals surface area contributed by atoms with Crippen LogP contribution in [0, 0.1) is 0 Å². The van der Waals surface area contributed by atoms with E-state index in [4.69, 9.17) is 0 Å². The molecule has 0 aromatic heterocycles. The van der Waals surface area contributed by atoms with Crippen molar-refractivity contribution in [2.75, 3.05) is 21.3 Å². The molecule has 1 N–H and O–H groups in total. The smallest absolute Gasteiger partial charge is 0.346 e. The van der Waals surface area contributed by atoms with E-state index in [1.165, 1.54) is 20.4 Å². The number of hydrogen-bond donors (Lipinski definition) is 1. The fourth-order valence-electron chi connectivity index (χ4n) is 0.565. The van der Waals surface area contributed by atoms with Crippen LogP contribution in [0.3, 0.4) is 0 Å². The van der Waals surface area contributed by atoms with Crippen molar-refractivity contribution in [3.8, 4) is 0 Å². The molecule has 0 atom stereocenters. The molecule has 0 aliphatic heterocycles. The molecule has 0 rings (SSSR count). The van der Waals surface area contributed by atoms with E-state index in [0.717, 1.165) is 0 Å². The van der Waals surface area contributed by atoms with E-state index in [1.807, 2.05) is 0 Å². The summed E-state index contributed by atoms with van der Waals surface area (Å²) in [4.78, 5) is 21.7. The second-order valence-electron chi connectivity index (χ2n) is 1.83. The molecule has 0 fully saturated rings. The lowest BCUT2D eigenvalue weighted by Crippen LogP contribution is -2.18. The van der Waals surface area contributed by atoms with Crippen LogP contribution in [0.2, 0.25) is 0 Å². The first kappa shape index (κ1) is 10.5. The predicted octanol–water partition coefficient (Wildman–Crippen LogP) is -0.564. The molecule has 5 nitrogen and oxygen atoms in total. The Morgan fingerprint density at radius 2 is 1.58 bits per heavy atom. The number of rotatable bonds is 3. The van der Waals surface area contributed by atoms with Crippen LogP contribution in [-0.4, -0.2) is 33.2 Å². The lowest BCUT2D eigenvalue weighted by atomic mass is 10.3. The van der Waals surface area contributed by atoms with Crippen molar-refractivity contribution in [1.29, 1.82) is 0 Å². The maximum atomic E-state index is 10.9. The van der Waals surface area contributed by atoms with Crippen molar-refractivity contribution in [3.63, 3.8) is 0 Å². The molecule has 0 saturated heterocycles. The van der Waals surface area contributed by atoms with E-state index in [2.05, 4.69) is 14.8 Å². The molecule has 0 aromatic rings. The third-order valence-electron chi connectivity index (χ3n) is 1.10. The normalized spacial score (nSPS) is 8.25. The van der Waals surface area contributed by atoms with E-state index < -0.39 is 11.9 Å². The van der Waals surface area contributed by atoms with Crippen molar-refractivity contribution in [2.24, 2.45) is 0 Å². The third-order valence-corrected chi connectivity index (χ3v) is 1.10. The van der Waals surface area contributed by atoms with Crippen LogP contribution in [0.5, 0.6) is 0 Å². The highest BCUT2D eigenvalue weighted by molar-refractivity contribution is 6.13. The van der Waals surface area contributed by atoms with Gasteiger partial charge in [-0.25, -0.2) is 9.59 Å². The second-order valence-corrected chi connectivity index (χ2v) is 1.83. The Balaban J connectivity index is 4.55. The zero-order valence-electron chi connectivity index (χ0n) is 7.21. The van der Waals surface area contributed by atoms with Crippen LogP contribution < -0.4 is 5.32 Å². The van der Waals surface area contributed by atoms with E-state index >= 15 is 0 Å². The first-order valence-electron chi connectivity index (χ1n) is 3.21. The third kappa shape index (κ3) is 2.61. The predicted molar refractivity (Wildman–Crippen MR) is 41.2 cm³/mol. The van der Waals surface area contributed by atoms with Crippen LogP contribution in [0.1, 0.15) is 0 Å². The van der Waals surface area contributed by atoms with Gasteiger partial charge < -0.3 is 14.8 Å². The average Bonchev–Trinajstić information content (AvgIpc) is 2.11. The van der Waals surface area contributed by atoms with Gasteiger partial charge in [0.2, 0.25) is 0 Å². The first-order chi connectivity index (χ1) is 5.67. The highest BCUT2D eigenvalue weighted by Gasteiger charge is 2.18. The quantitative estimate of drug-likeness (QED) is 0.268. The van der Waals surface area contributed by atoms with Crippen molar-refractivity contribution in [2.45, 2.75) is 0 Å². The molecular formula is C7H11NO4. The van der Waals surface area contributed by atoms with Crippen LogP contribution in [0.25, 0.3) is 0 Å². The van der Waals surface area contributed by atoms with Crippen molar-refractivity contribution >= 4 is 11.9 Å². The zero-order valence-corrected chi connectivity index (χ0v) is 7.21. The minimum absolute atomic E-state index is 0.164. The van der Waals surface area contributed by atoms with E-state index in [-0.39, 0.29) is 5.57 Å². The summed E-state index contributed by atoms with van der Waals surface area (Å²) in [6.45, 7) is 0.